The van der Waals surface area contributed by atoms with E-state index in [1.807, 2.05) is 0 Å². The lowest BCUT2D eigenvalue weighted by atomic mass is 10.2. The van der Waals surface area contributed by atoms with E-state index in [0.717, 1.165) is 6.42 Å². The molecule has 0 fully saturated rings. The molecule has 0 aliphatic rings. The van der Waals surface area contributed by atoms with E-state index in [0.29, 0.717) is 30.1 Å². The van der Waals surface area contributed by atoms with Crippen LogP contribution in [0.2, 0.25) is 10.0 Å². The van der Waals surface area contributed by atoms with Gasteiger partial charge in [0.1, 0.15) is 0 Å². The molecule has 0 heterocycles. The molecule has 0 aliphatic carbocycles. The number of aliphatic hydroxyl groups excluding tert-OH is 1. The second kappa shape index (κ2) is 8.79. The maximum Gasteiger partial charge on any atom is 0.313 e. The first kappa shape index (κ1) is 16.8. The fraction of sp³-hybridized carbons (Fsp3) is 0.385. The molecule has 1 rings (SSSR count). The Morgan fingerprint density at radius 2 is 1.85 bits per heavy atom. The van der Waals surface area contributed by atoms with Crippen LogP contribution >= 0.6 is 23.2 Å². The van der Waals surface area contributed by atoms with Crippen LogP contribution < -0.4 is 10.6 Å². The second-order valence-electron chi connectivity index (χ2n) is 4.10. The third-order valence-corrected chi connectivity index (χ3v) is 3.35. The normalized spacial score (nSPS) is 10.2. The predicted octanol–water partition coefficient (Wildman–Crippen LogP) is 2.21. The molecule has 7 heteroatoms. The summed E-state index contributed by atoms with van der Waals surface area (Å²) in [5.41, 5.74) is 0.291. The third-order valence-electron chi connectivity index (χ3n) is 2.53. The summed E-state index contributed by atoms with van der Waals surface area (Å²) in [4.78, 5) is 23.2. The standard InChI is InChI=1S/C13H16Cl2N2O3/c14-9-5-4-6-10(11(9)15)17-13(20)12(19)16-7-2-1-3-8-18/h4-6,18H,1-3,7-8H2,(H,16,19)(H,17,20). The number of benzene rings is 1. The second-order valence-corrected chi connectivity index (χ2v) is 4.88. The molecular formula is C13H16Cl2N2O3. The molecule has 0 aliphatic heterocycles. The molecule has 110 valence electrons. The summed E-state index contributed by atoms with van der Waals surface area (Å²) in [6, 6.07) is 4.76. The van der Waals surface area contributed by atoms with Crippen LogP contribution in [0, 0.1) is 0 Å². The number of unbranched alkanes of at least 4 members (excludes halogenated alkanes) is 2. The Morgan fingerprint density at radius 1 is 1.10 bits per heavy atom. The number of carbonyl (C=O) groups is 2. The van der Waals surface area contributed by atoms with E-state index in [2.05, 4.69) is 10.6 Å². The van der Waals surface area contributed by atoms with Gasteiger partial charge in [-0.1, -0.05) is 29.3 Å². The zero-order valence-corrected chi connectivity index (χ0v) is 12.3. The van der Waals surface area contributed by atoms with Crippen LogP contribution in [0.25, 0.3) is 0 Å². The molecule has 0 saturated carbocycles. The molecular weight excluding hydrogens is 303 g/mol. The van der Waals surface area contributed by atoms with Crippen molar-refractivity contribution < 1.29 is 14.7 Å². The van der Waals surface area contributed by atoms with Crippen molar-refractivity contribution in [3.63, 3.8) is 0 Å². The highest BCUT2D eigenvalue weighted by atomic mass is 35.5. The Kier molecular flexibility index (Phi) is 7.36. The molecule has 0 bridgehead atoms. The van der Waals surface area contributed by atoms with E-state index >= 15 is 0 Å². The highest BCUT2D eigenvalue weighted by Gasteiger charge is 2.15. The van der Waals surface area contributed by atoms with Crippen molar-refractivity contribution in [1.29, 1.82) is 0 Å². The van der Waals surface area contributed by atoms with Crippen molar-refractivity contribution >= 4 is 40.7 Å². The Morgan fingerprint density at radius 3 is 2.55 bits per heavy atom. The molecule has 20 heavy (non-hydrogen) atoms. The molecule has 0 atom stereocenters. The van der Waals surface area contributed by atoms with Gasteiger partial charge in [-0.2, -0.15) is 0 Å². The minimum Gasteiger partial charge on any atom is -0.396 e. The minimum atomic E-state index is -0.795. The van der Waals surface area contributed by atoms with Gasteiger partial charge in [-0.05, 0) is 31.4 Å². The zero-order valence-electron chi connectivity index (χ0n) is 10.8. The van der Waals surface area contributed by atoms with Crippen molar-refractivity contribution in [2.75, 3.05) is 18.5 Å². The average molecular weight is 319 g/mol. The molecule has 0 spiro atoms. The largest absolute Gasteiger partial charge is 0.396 e. The Balaban J connectivity index is 2.42. The number of carbonyl (C=O) groups excluding carboxylic acids is 2. The summed E-state index contributed by atoms with van der Waals surface area (Å²) < 4.78 is 0. The molecule has 0 saturated heterocycles. The van der Waals surface area contributed by atoms with E-state index in [1.165, 1.54) is 0 Å². The van der Waals surface area contributed by atoms with Gasteiger partial charge in [-0.3, -0.25) is 9.59 Å². The summed E-state index contributed by atoms with van der Waals surface area (Å²) in [5.74, 6) is -1.53. The summed E-state index contributed by atoms with van der Waals surface area (Å²) >= 11 is 11.7. The van der Waals surface area contributed by atoms with Crippen LogP contribution in [0.5, 0.6) is 0 Å². The van der Waals surface area contributed by atoms with Gasteiger partial charge >= 0.3 is 11.8 Å². The number of nitrogens with one attached hydrogen (secondary N) is 2. The Labute approximate surface area is 127 Å². The number of rotatable bonds is 6. The van der Waals surface area contributed by atoms with Gasteiger partial charge in [0.15, 0.2) is 0 Å². The van der Waals surface area contributed by atoms with Crippen LogP contribution in [-0.4, -0.2) is 30.1 Å². The fourth-order valence-electron chi connectivity index (χ4n) is 1.48. The first-order chi connectivity index (χ1) is 9.56. The monoisotopic (exact) mass is 318 g/mol. The number of aliphatic hydroxyl groups is 1. The van der Waals surface area contributed by atoms with Gasteiger partial charge in [-0.25, -0.2) is 0 Å². The number of amides is 2. The maximum atomic E-state index is 11.6. The van der Waals surface area contributed by atoms with Crippen molar-refractivity contribution in [2.24, 2.45) is 0 Å². The molecule has 0 aromatic heterocycles. The first-order valence-electron chi connectivity index (χ1n) is 6.20. The zero-order chi connectivity index (χ0) is 15.0. The smallest absolute Gasteiger partial charge is 0.313 e. The molecule has 0 unspecified atom stereocenters. The van der Waals surface area contributed by atoms with E-state index in [9.17, 15) is 9.59 Å². The number of halogens is 2. The highest BCUT2D eigenvalue weighted by Crippen LogP contribution is 2.29. The van der Waals surface area contributed by atoms with Gasteiger partial charge < -0.3 is 15.7 Å². The van der Waals surface area contributed by atoms with Crippen molar-refractivity contribution in [2.45, 2.75) is 19.3 Å². The lowest BCUT2D eigenvalue weighted by Crippen LogP contribution is -2.36. The predicted molar refractivity (Wildman–Crippen MR) is 79.0 cm³/mol. The van der Waals surface area contributed by atoms with Gasteiger partial charge in [0.25, 0.3) is 0 Å². The molecule has 0 radical (unpaired) electrons. The van der Waals surface area contributed by atoms with Crippen LogP contribution in [-0.2, 0) is 9.59 Å². The molecule has 2 amide bonds. The molecule has 1 aromatic carbocycles. The van der Waals surface area contributed by atoms with Crippen LogP contribution in [0.4, 0.5) is 5.69 Å². The molecule has 1 aromatic rings. The van der Waals surface area contributed by atoms with Crippen molar-refractivity contribution in [3.8, 4) is 0 Å². The van der Waals surface area contributed by atoms with E-state index in [-0.39, 0.29) is 11.6 Å². The summed E-state index contributed by atoms with van der Waals surface area (Å²) in [6.07, 6.45) is 2.18. The van der Waals surface area contributed by atoms with Gasteiger partial charge in [-0.15, -0.1) is 0 Å². The van der Waals surface area contributed by atoms with Gasteiger partial charge in [0, 0.05) is 13.2 Å². The van der Waals surface area contributed by atoms with E-state index in [1.54, 1.807) is 18.2 Å². The summed E-state index contributed by atoms with van der Waals surface area (Å²) in [5, 5.41) is 14.0. The van der Waals surface area contributed by atoms with E-state index in [4.69, 9.17) is 28.3 Å². The number of hydrogen-bond donors (Lipinski definition) is 3. The fourth-order valence-corrected chi connectivity index (χ4v) is 1.82. The minimum absolute atomic E-state index is 0.127. The number of hydrogen-bond acceptors (Lipinski definition) is 3. The average Bonchev–Trinajstić information content (AvgIpc) is 2.43. The van der Waals surface area contributed by atoms with Gasteiger partial charge in [0.2, 0.25) is 0 Å². The third kappa shape index (κ3) is 5.36. The van der Waals surface area contributed by atoms with Crippen molar-refractivity contribution in [3.05, 3.63) is 28.2 Å². The highest BCUT2D eigenvalue weighted by molar-refractivity contribution is 6.45. The summed E-state index contributed by atoms with van der Waals surface area (Å²) in [7, 11) is 0. The number of anilines is 1. The van der Waals surface area contributed by atoms with Crippen LogP contribution in [0.3, 0.4) is 0 Å². The summed E-state index contributed by atoms with van der Waals surface area (Å²) in [6.45, 7) is 0.511. The Bertz CT molecular complexity index is 481. The SMILES string of the molecule is O=C(NCCCCCO)C(=O)Nc1cccc(Cl)c1Cl. The maximum absolute atomic E-state index is 11.6. The van der Waals surface area contributed by atoms with Crippen LogP contribution in [0.1, 0.15) is 19.3 Å². The van der Waals surface area contributed by atoms with E-state index < -0.39 is 11.8 Å². The quantitative estimate of drug-likeness (QED) is 0.556. The lowest BCUT2D eigenvalue weighted by Gasteiger charge is -2.08. The van der Waals surface area contributed by atoms with Crippen molar-refractivity contribution in [1.82, 2.24) is 5.32 Å². The lowest BCUT2D eigenvalue weighted by molar-refractivity contribution is -0.136. The van der Waals surface area contributed by atoms with Gasteiger partial charge in [0.05, 0.1) is 15.7 Å². The molecule has 3 N–H and O–H groups in total. The Hall–Kier alpha value is -1.30. The topological polar surface area (TPSA) is 78.4 Å². The first-order valence-corrected chi connectivity index (χ1v) is 6.96. The molecule has 5 nitrogen and oxygen atoms in total. The van der Waals surface area contributed by atoms with Crippen LogP contribution in [0.15, 0.2) is 18.2 Å².